The highest BCUT2D eigenvalue weighted by molar-refractivity contribution is 7.92. The molecule has 1 amide bonds. The second-order valence-electron chi connectivity index (χ2n) is 5.37. The van der Waals surface area contributed by atoms with Gasteiger partial charge in [0, 0.05) is 17.7 Å². The first-order valence-electron chi connectivity index (χ1n) is 7.47. The van der Waals surface area contributed by atoms with E-state index in [0.717, 1.165) is 10.6 Å². The molecule has 2 rings (SSSR count). The van der Waals surface area contributed by atoms with E-state index in [2.05, 4.69) is 10.5 Å². The lowest BCUT2D eigenvalue weighted by Gasteiger charge is -2.22. The zero-order valence-corrected chi connectivity index (χ0v) is 15.6. The number of hydrazone groups is 1. The molecule has 0 aromatic heterocycles. The number of amides is 1. The van der Waals surface area contributed by atoms with Crippen molar-refractivity contribution in [2.45, 2.75) is 0 Å². The van der Waals surface area contributed by atoms with Crippen molar-refractivity contribution in [3.63, 3.8) is 0 Å². The number of non-ortho nitro benzene ring substituents is 1. The molecule has 0 aliphatic heterocycles. The summed E-state index contributed by atoms with van der Waals surface area (Å²) in [5.41, 5.74) is 2.63. The number of anilines is 1. The molecule has 0 heterocycles. The molecule has 2 aromatic carbocycles. The number of benzene rings is 2. The van der Waals surface area contributed by atoms with E-state index >= 15 is 0 Å². The lowest BCUT2D eigenvalue weighted by atomic mass is 10.2. The first-order valence-corrected chi connectivity index (χ1v) is 9.69. The molecule has 0 radical (unpaired) electrons. The summed E-state index contributed by atoms with van der Waals surface area (Å²) < 4.78 is 24.9. The number of nitrogens with zero attached hydrogens (tertiary/aromatic N) is 3. The Kier molecular flexibility index (Phi) is 6.48. The Morgan fingerprint density at radius 3 is 2.63 bits per heavy atom. The van der Waals surface area contributed by atoms with Gasteiger partial charge in [0.2, 0.25) is 10.0 Å². The molecule has 0 atom stereocenters. The van der Waals surface area contributed by atoms with E-state index in [0.29, 0.717) is 5.56 Å². The normalized spacial score (nSPS) is 11.3. The van der Waals surface area contributed by atoms with Gasteiger partial charge in [-0.25, -0.2) is 13.8 Å². The van der Waals surface area contributed by atoms with Crippen molar-refractivity contribution in [1.82, 2.24) is 5.43 Å². The number of hydrogen-bond donors (Lipinski definition) is 1. The number of halogens is 1. The minimum atomic E-state index is -3.77. The first-order chi connectivity index (χ1) is 12.7. The van der Waals surface area contributed by atoms with Gasteiger partial charge in [-0.1, -0.05) is 35.9 Å². The maximum Gasteiger partial charge on any atom is 0.270 e. The third kappa shape index (κ3) is 5.76. The lowest BCUT2D eigenvalue weighted by molar-refractivity contribution is -0.384. The van der Waals surface area contributed by atoms with Crippen LogP contribution in [0.3, 0.4) is 0 Å². The molecule has 1 N–H and O–H groups in total. The van der Waals surface area contributed by atoms with Crippen LogP contribution in [0, 0.1) is 10.1 Å². The van der Waals surface area contributed by atoms with Crippen LogP contribution in [0.5, 0.6) is 0 Å². The molecule has 0 saturated carbocycles. The van der Waals surface area contributed by atoms with E-state index in [1.165, 1.54) is 36.5 Å². The van der Waals surface area contributed by atoms with Crippen LogP contribution in [0.2, 0.25) is 5.02 Å². The summed E-state index contributed by atoms with van der Waals surface area (Å²) in [6, 6.07) is 11.9. The van der Waals surface area contributed by atoms with E-state index in [1.807, 2.05) is 0 Å². The number of nitro benzene ring substituents is 1. The van der Waals surface area contributed by atoms with Gasteiger partial charge in [0.1, 0.15) is 6.54 Å². The summed E-state index contributed by atoms with van der Waals surface area (Å²) in [5.74, 6) is -0.706. The quantitative estimate of drug-likeness (QED) is 0.425. The van der Waals surface area contributed by atoms with Crippen molar-refractivity contribution in [3.05, 3.63) is 69.2 Å². The maximum atomic E-state index is 12.1. The van der Waals surface area contributed by atoms with E-state index < -0.39 is 27.4 Å². The third-order valence-electron chi connectivity index (χ3n) is 3.29. The van der Waals surface area contributed by atoms with E-state index in [-0.39, 0.29) is 16.4 Å². The smallest absolute Gasteiger partial charge is 0.270 e. The van der Waals surface area contributed by atoms with Crippen molar-refractivity contribution < 1.29 is 18.1 Å². The molecule has 142 valence electrons. The SMILES string of the molecule is CS(=O)(=O)N(CC(=O)N/N=C\c1cccc([N+](=O)[O-])c1)c1ccccc1Cl. The Labute approximate surface area is 160 Å². The Bertz CT molecular complexity index is 994. The summed E-state index contributed by atoms with van der Waals surface area (Å²) in [6.45, 7) is -0.533. The fourth-order valence-corrected chi connectivity index (χ4v) is 3.25. The number of rotatable bonds is 7. The van der Waals surface area contributed by atoms with Gasteiger partial charge in [0.05, 0.1) is 28.1 Å². The second kappa shape index (κ2) is 8.60. The summed E-state index contributed by atoms with van der Waals surface area (Å²) in [7, 11) is -3.77. The summed E-state index contributed by atoms with van der Waals surface area (Å²) in [6.07, 6.45) is 2.17. The predicted octanol–water partition coefficient (Wildman–Crippen LogP) is 2.16. The van der Waals surface area contributed by atoms with Gasteiger partial charge in [-0.15, -0.1) is 0 Å². The van der Waals surface area contributed by atoms with Crippen LogP contribution < -0.4 is 9.73 Å². The Morgan fingerprint density at radius 2 is 2.00 bits per heavy atom. The van der Waals surface area contributed by atoms with Crippen molar-refractivity contribution in [1.29, 1.82) is 0 Å². The summed E-state index contributed by atoms with van der Waals surface area (Å²) in [4.78, 5) is 22.2. The minimum absolute atomic E-state index is 0.118. The topological polar surface area (TPSA) is 122 Å². The molecular weight excluding hydrogens is 396 g/mol. The molecule has 27 heavy (non-hydrogen) atoms. The third-order valence-corrected chi connectivity index (χ3v) is 4.74. The maximum absolute atomic E-state index is 12.1. The van der Waals surface area contributed by atoms with Gasteiger partial charge in [-0.05, 0) is 12.1 Å². The highest BCUT2D eigenvalue weighted by Crippen LogP contribution is 2.26. The van der Waals surface area contributed by atoms with Gasteiger partial charge < -0.3 is 0 Å². The van der Waals surface area contributed by atoms with E-state index in [9.17, 15) is 23.3 Å². The van der Waals surface area contributed by atoms with E-state index in [1.54, 1.807) is 18.2 Å². The van der Waals surface area contributed by atoms with Crippen molar-refractivity contribution in [2.75, 3.05) is 17.1 Å². The molecule has 2 aromatic rings. The van der Waals surface area contributed by atoms with E-state index in [4.69, 9.17) is 11.6 Å². The lowest BCUT2D eigenvalue weighted by Crippen LogP contribution is -2.39. The first kappa shape index (κ1) is 20.3. The largest absolute Gasteiger partial charge is 0.271 e. The molecule has 0 spiro atoms. The van der Waals surface area contributed by atoms with Crippen LogP contribution in [0.15, 0.2) is 53.6 Å². The zero-order chi connectivity index (χ0) is 20.0. The molecule has 0 aliphatic carbocycles. The predicted molar refractivity (Wildman–Crippen MR) is 102 cm³/mol. The molecule has 0 fully saturated rings. The standard InChI is InChI=1S/C16H15ClN4O5S/c1-27(25,26)20(15-8-3-2-7-14(15)17)11-16(22)19-18-10-12-5-4-6-13(9-12)21(23)24/h2-10H,11H2,1H3,(H,19,22)/b18-10-. The number of carbonyl (C=O) groups excluding carboxylic acids is 1. The van der Waals surface area contributed by atoms with Crippen LogP contribution in [0.25, 0.3) is 0 Å². The Balaban J connectivity index is 2.10. The van der Waals surface area contributed by atoms with Gasteiger partial charge in [-0.2, -0.15) is 5.10 Å². The number of nitro groups is 1. The van der Waals surface area contributed by atoms with Crippen LogP contribution in [-0.2, 0) is 14.8 Å². The summed E-state index contributed by atoms with van der Waals surface area (Å²) in [5, 5.41) is 14.6. The van der Waals surface area contributed by atoms with Crippen molar-refractivity contribution in [3.8, 4) is 0 Å². The van der Waals surface area contributed by atoms with Gasteiger partial charge in [0.25, 0.3) is 11.6 Å². The molecule has 0 unspecified atom stereocenters. The zero-order valence-electron chi connectivity index (χ0n) is 14.1. The average Bonchev–Trinajstić information content (AvgIpc) is 2.60. The van der Waals surface area contributed by atoms with Crippen LogP contribution in [0.1, 0.15) is 5.56 Å². The van der Waals surface area contributed by atoms with Crippen molar-refractivity contribution >= 4 is 45.1 Å². The molecular formula is C16H15ClN4O5S. The number of sulfonamides is 1. The monoisotopic (exact) mass is 410 g/mol. The number of nitrogens with one attached hydrogen (secondary N) is 1. The number of carbonyl (C=O) groups is 1. The van der Waals surface area contributed by atoms with Gasteiger partial charge >= 0.3 is 0 Å². The van der Waals surface area contributed by atoms with Gasteiger partial charge in [-0.3, -0.25) is 19.2 Å². The Morgan fingerprint density at radius 1 is 1.30 bits per heavy atom. The highest BCUT2D eigenvalue weighted by atomic mass is 35.5. The fourth-order valence-electron chi connectivity index (χ4n) is 2.10. The van der Waals surface area contributed by atoms with Crippen LogP contribution >= 0.6 is 11.6 Å². The minimum Gasteiger partial charge on any atom is -0.271 e. The average molecular weight is 411 g/mol. The van der Waals surface area contributed by atoms with Crippen molar-refractivity contribution in [2.24, 2.45) is 5.10 Å². The molecule has 9 nitrogen and oxygen atoms in total. The fraction of sp³-hybridized carbons (Fsp3) is 0.125. The molecule has 0 bridgehead atoms. The molecule has 0 aliphatic rings. The highest BCUT2D eigenvalue weighted by Gasteiger charge is 2.22. The second-order valence-corrected chi connectivity index (χ2v) is 7.68. The van der Waals surface area contributed by atoms with Crippen LogP contribution in [-0.4, -0.2) is 38.3 Å². The van der Waals surface area contributed by atoms with Crippen LogP contribution in [0.4, 0.5) is 11.4 Å². The molecule has 11 heteroatoms. The number of hydrogen-bond acceptors (Lipinski definition) is 6. The summed E-state index contributed by atoms with van der Waals surface area (Å²) >= 11 is 6.01. The Hall–Kier alpha value is -2.98. The number of para-hydroxylation sites is 1. The molecule has 0 saturated heterocycles. The van der Waals surface area contributed by atoms with Gasteiger partial charge in [0.15, 0.2) is 0 Å².